The lowest BCUT2D eigenvalue weighted by atomic mass is 10.1. The van der Waals surface area contributed by atoms with Crippen LogP contribution in [0.4, 0.5) is 0 Å². The summed E-state index contributed by atoms with van der Waals surface area (Å²) >= 11 is 5.58. The first kappa shape index (κ1) is 16.7. The van der Waals surface area contributed by atoms with Crippen LogP contribution in [-0.4, -0.2) is 42.4 Å². The third kappa shape index (κ3) is 6.57. The maximum Gasteiger partial charge on any atom is 0.169 e. The van der Waals surface area contributed by atoms with Crippen molar-refractivity contribution in [3.63, 3.8) is 0 Å². The average Bonchev–Trinajstić information content (AvgIpc) is 2.89. The lowest BCUT2D eigenvalue weighted by molar-refractivity contribution is 0.145. The molecule has 1 aliphatic carbocycles. The quantitative estimate of drug-likeness (QED) is 0.547. The van der Waals surface area contributed by atoms with E-state index in [1.165, 1.54) is 25.7 Å². The van der Waals surface area contributed by atoms with Gasteiger partial charge in [-0.3, -0.25) is 0 Å². The second kappa shape index (κ2) is 9.54. The lowest BCUT2D eigenvalue weighted by Crippen LogP contribution is -2.47. The highest BCUT2D eigenvalue weighted by atomic mass is 32.1. The maximum atomic E-state index is 5.58. The molecule has 0 bridgehead atoms. The Hall–Kier alpha value is -0.350. The number of hydrogen-bond acceptors (Lipinski definition) is 2. The van der Waals surface area contributed by atoms with Crippen LogP contribution in [-0.2, 0) is 4.74 Å². The summed E-state index contributed by atoms with van der Waals surface area (Å²) in [6.07, 6.45) is 6.33. The Morgan fingerprint density at radius 2 is 2.05 bits per heavy atom. The first-order valence-corrected chi connectivity index (χ1v) is 8.18. The molecule has 0 spiro atoms. The SMILES string of the molecule is CCOCCCNC(=S)N(CC(C)C)C1CCCC1. The van der Waals surface area contributed by atoms with Crippen molar-refractivity contribution in [2.75, 3.05) is 26.3 Å². The molecule has 4 heteroatoms. The summed E-state index contributed by atoms with van der Waals surface area (Å²) in [7, 11) is 0. The number of thiocarbonyl (C=S) groups is 1. The van der Waals surface area contributed by atoms with Crippen LogP contribution in [0.5, 0.6) is 0 Å². The Balaban J connectivity index is 2.33. The molecule has 0 aromatic heterocycles. The minimum atomic E-state index is 0.656. The van der Waals surface area contributed by atoms with E-state index in [1.54, 1.807) is 0 Å². The normalized spacial score (nSPS) is 16.0. The van der Waals surface area contributed by atoms with Crippen LogP contribution in [0.3, 0.4) is 0 Å². The molecule has 19 heavy (non-hydrogen) atoms. The second-order valence-electron chi connectivity index (χ2n) is 5.77. The molecular weight excluding hydrogens is 256 g/mol. The Kier molecular flexibility index (Phi) is 8.38. The highest BCUT2D eigenvalue weighted by Crippen LogP contribution is 2.24. The second-order valence-corrected chi connectivity index (χ2v) is 6.15. The van der Waals surface area contributed by atoms with Gasteiger partial charge in [-0.15, -0.1) is 0 Å². The monoisotopic (exact) mass is 286 g/mol. The summed E-state index contributed by atoms with van der Waals surface area (Å²) in [6.45, 7) is 10.2. The molecule has 0 saturated heterocycles. The summed E-state index contributed by atoms with van der Waals surface area (Å²) < 4.78 is 5.34. The van der Waals surface area contributed by atoms with E-state index < -0.39 is 0 Å². The Morgan fingerprint density at radius 1 is 1.37 bits per heavy atom. The van der Waals surface area contributed by atoms with Crippen molar-refractivity contribution in [2.45, 2.75) is 58.9 Å². The van der Waals surface area contributed by atoms with Gasteiger partial charge in [0.25, 0.3) is 0 Å². The van der Waals surface area contributed by atoms with Crippen LogP contribution in [0.1, 0.15) is 52.9 Å². The molecule has 0 aliphatic heterocycles. The topological polar surface area (TPSA) is 24.5 Å². The van der Waals surface area contributed by atoms with Crippen molar-refractivity contribution in [2.24, 2.45) is 5.92 Å². The highest BCUT2D eigenvalue weighted by Gasteiger charge is 2.24. The van der Waals surface area contributed by atoms with Gasteiger partial charge in [0, 0.05) is 32.3 Å². The van der Waals surface area contributed by atoms with Crippen LogP contribution < -0.4 is 5.32 Å². The summed E-state index contributed by atoms with van der Waals surface area (Å²) in [5, 5.41) is 4.34. The van der Waals surface area contributed by atoms with E-state index in [0.29, 0.717) is 12.0 Å². The van der Waals surface area contributed by atoms with Gasteiger partial charge in [-0.25, -0.2) is 0 Å². The van der Waals surface area contributed by atoms with E-state index in [9.17, 15) is 0 Å². The molecule has 1 rings (SSSR count). The third-order valence-corrected chi connectivity index (χ3v) is 3.91. The molecule has 112 valence electrons. The number of nitrogens with zero attached hydrogens (tertiary/aromatic N) is 1. The van der Waals surface area contributed by atoms with Crippen molar-refractivity contribution in [3.8, 4) is 0 Å². The molecule has 0 amide bonds. The fourth-order valence-corrected chi connectivity index (χ4v) is 2.95. The predicted octanol–water partition coefficient (Wildman–Crippen LogP) is 3.19. The Labute approximate surface area is 124 Å². The highest BCUT2D eigenvalue weighted by molar-refractivity contribution is 7.80. The number of ether oxygens (including phenoxy) is 1. The molecule has 0 heterocycles. The van der Waals surface area contributed by atoms with Gasteiger partial charge in [0.15, 0.2) is 5.11 Å². The molecule has 0 aromatic rings. The van der Waals surface area contributed by atoms with E-state index in [1.807, 2.05) is 6.92 Å². The molecule has 1 saturated carbocycles. The van der Waals surface area contributed by atoms with Crippen LogP contribution in [0, 0.1) is 5.92 Å². The minimum Gasteiger partial charge on any atom is -0.382 e. The third-order valence-electron chi connectivity index (χ3n) is 3.53. The molecule has 0 unspecified atom stereocenters. The van der Waals surface area contributed by atoms with Crippen molar-refractivity contribution in [1.29, 1.82) is 0 Å². The molecule has 1 aliphatic rings. The average molecular weight is 286 g/mol. The fourth-order valence-electron chi connectivity index (χ4n) is 2.62. The van der Waals surface area contributed by atoms with E-state index >= 15 is 0 Å². The van der Waals surface area contributed by atoms with Crippen LogP contribution in [0.25, 0.3) is 0 Å². The Bertz CT molecular complexity index is 253. The van der Waals surface area contributed by atoms with Gasteiger partial charge >= 0.3 is 0 Å². The molecule has 0 aromatic carbocycles. The predicted molar refractivity (Wildman–Crippen MR) is 85.5 cm³/mol. The summed E-state index contributed by atoms with van der Waals surface area (Å²) in [6, 6.07) is 0.661. The summed E-state index contributed by atoms with van der Waals surface area (Å²) in [5.74, 6) is 0.656. The Morgan fingerprint density at radius 3 is 2.63 bits per heavy atom. The van der Waals surface area contributed by atoms with Crippen LogP contribution in [0.2, 0.25) is 0 Å². The zero-order chi connectivity index (χ0) is 14.1. The molecule has 0 atom stereocenters. The van der Waals surface area contributed by atoms with Crippen molar-refractivity contribution >= 4 is 17.3 Å². The molecule has 1 fully saturated rings. The first-order valence-electron chi connectivity index (χ1n) is 7.77. The van der Waals surface area contributed by atoms with Gasteiger partial charge in [0.2, 0.25) is 0 Å². The van der Waals surface area contributed by atoms with Gasteiger partial charge in [-0.05, 0) is 44.3 Å². The smallest absolute Gasteiger partial charge is 0.169 e. The maximum absolute atomic E-state index is 5.58. The van der Waals surface area contributed by atoms with Gasteiger partial charge < -0.3 is 15.0 Å². The van der Waals surface area contributed by atoms with Gasteiger partial charge in [-0.1, -0.05) is 26.7 Å². The van der Waals surface area contributed by atoms with Crippen molar-refractivity contribution < 1.29 is 4.74 Å². The number of rotatable bonds is 8. The zero-order valence-corrected chi connectivity index (χ0v) is 13.6. The van der Waals surface area contributed by atoms with E-state index in [2.05, 4.69) is 24.1 Å². The largest absolute Gasteiger partial charge is 0.382 e. The number of hydrogen-bond donors (Lipinski definition) is 1. The molecule has 3 nitrogen and oxygen atoms in total. The zero-order valence-electron chi connectivity index (χ0n) is 12.8. The number of nitrogens with one attached hydrogen (secondary N) is 1. The van der Waals surface area contributed by atoms with E-state index in [-0.39, 0.29) is 0 Å². The lowest BCUT2D eigenvalue weighted by Gasteiger charge is -2.33. The van der Waals surface area contributed by atoms with Crippen molar-refractivity contribution in [1.82, 2.24) is 10.2 Å². The van der Waals surface area contributed by atoms with Crippen LogP contribution >= 0.6 is 12.2 Å². The molecular formula is C15H30N2OS. The summed E-state index contributed by atoms with van der Waals surface area (Å²) in [4.78, 5) is 2.42. The van der Waals surface area contributed by atoms with E-state index in [4.69, 9.17) is 17.0 Å². The summed E-state index contributed by atoms with van der Waals surface area (Å²) in [5.41, 5.74) is 0. The van der Waals surface area contributed by atoms with Gasteiger partial charge in [0.1, 0.15) is 0 Å². The van der Waals surface area contributed by atoms with Crippen LogP contribution in [0.15, 0.2) is 0 Å². The molecule has 1 N–H and O–H groups in total. The first-order chi connectivity index (χ1) is 9.15. The van der Waals surface area contributed by atoms with Crippen molar-refractivity contribution in [3.05, 3.63) is 0 Å². The van der Waals surface area contributed by atoms with E-state index in [0.717, 1.165) is 37.8 Å². The van der Waals surface area contributed by atoms with Gasteiger partial charge in [-0.2, -0.15) is 0 Å². The molecule has 0 radical (unpaired) electrons. The minimum absolute atomic E-state index is 0.656. The fraction of sp³-hybridized carbons (Fsp3) is 0.933. The van der Waals surface area contributed by atoms with Gasteiger partial charge in [0.05, 0.1) is 0 Å². The standard InChI is InChI=1S/C15H30N2OS/c1-4-18-11-7-10-16-15(19)17(12-13(2)3)14-8-5-6-9-14/h13-14H,4-12H2,1-3H3,(H,16,19).